The highest BCUT2D eigenvalue weighted by Gasteiger charge is 2.33. The van der Waals surface area contributed by atoms with Crippen LogP contribution in [0.5, 0.6) is 0 Å². The third-order valence-corrected chi connectivity index (χ3v) is 3.86. The van der Waals surface area contributed by atoms with Gasteiger partial charge in [-0.2, -0.15) is 13.2 Å². The highest BCUT2D eigenvalue weighted by molar-refractivity contribution is 6.30. The molecule has 0 saturated heterocycles. The molecule has 19 heavy (non-hydrogen) atoms. The number of aliphatic hydroxyl groups excluding tert-OH is 1. The predicted molar refractivity (Wildman–Crippen MR) is 65.8 cm³/mol. The Morgan fingerprint density at radius 3 is 2.47 bits per heavy atom. The van der Waals surface area contributed by atoms with Crippen LogP contribution in [0.25, 0.3) is 0 Å². The number of hydrogen-bond acceptors (Lipinski definition) is 2. The molecule has 1 saturated carbocycles. The number of hydrogen-bond donors (Lipinski definition) is 1. The van der Waals surface area contributed by atoms with Gasteiger partial charge in [0.2, 0.25) is 0 Å². The quantitative estimate of drug-likeness (QED) is 0.840. The maximum atomic E-state index is 12.4. The van der Waals surface area contributed by atoms with Crippen molar-refractivity contribution in [2.45, 2.75) is 44.4 Å². The molecule has 0 radical (unpaired) electrons. The lowest BCUT2D eigenvalue weighted by Crippen LogP contribution is -2.11. The molecular weight excluding hydrogens is 279 g/mol. The molecule has 1 atom stereocenters. The van der Waals surface area contributed by atoms with Crippen LogP contribution in [0.4, 0.5) is 13.2 Å². The molecule has 1 unspecified atom stereocenters. The summed E-state index contributed by atoms with van der Waals surface area (Å²) in [6.07, 6.45) is -0.408. The lowest BCUT2D eigenvalue weighted by atomic mass is 9.96. The molecular formula is C13H15ClF3NO. The van der Waals surface area contributed by atoms with Gasteiger partial charge in [-0.05, 0) is 18.4 Å². The van der Waals surface area contributed by atoms with Gasteiger partial charge in [0.15, 0.2) is 0 Å². The SMILES string of the molecule is OC(CC1CCCC1)c1ccc(C(F)(F)F)nc1Cl. The first kappa shape index (κ1) is 14.6. The number of aliphatic hydroxyl groups is 1. The van der Waals surface area contributed by atoms with Gasteiger partial charge < -0.3 is 5.11 Å². The zero-order valence-electron chi connectivity index (χ0n) is 10.3. The molecule has 1 N–H and O–H groups in total. The van der Waals surface area contributed by atoms with Crippen molar-refractivity contribution in [1.82, 2.24) is 4.98 Å². The maximum absolute atomic E-state index is 12.4. The van der Waals surface area contributed by atoms with E-state index in [1.54, 1.807) is 0 Å². The molecule has 6 heteroatoms. The zero-order chi connectivity index (χ0) is 14.0. The molecule has 1 aliphatic rings. The molecule has 0 aliphatic heterocycles. The number of alkyl halides is 3. The summed E-state index contributed by atoms with van der Waals surface area (Å²) < 4.78 is 37.3. The second kappa shape index (κ2) is 5.67. The van der Waals surface area contributed by atoms with Crippen molar-refractivity contribution >= 4 is 11.6 Å². The first-order valence-electron chi connectivity index (χ1n) is 6.29. The Hall–Kier alpha value is -0.810. The van der Waals surface area contributed by atoms with Crippen molar-refractivity contribution in [1.29, 1.82) is 0 Å². The Labute approximate surface area is 114 Å². The van der Waals surface area contributed by atoms with E-state index in [0.717, 1.165) is 31.7 Å². The van der Waals surface area contributed by atoms with Gasteiger partial charge in [-0.25, -0.2) is 4.98 Å². The Balaban J connectivity index is 2.11. The van der Waals surface area contributed by atoms with Gasteiger partial charge in [-0.1, -0.05) is 43.4 Å². The fraction of sp³-hybridized carbons (Fsp3) is 0.615. The summed E-state index contributed by atoms with van der Waals surface area (Å²) in [5, 5.41) is 9.79. The van der Waals surface area contributed by atoms with Crippen molar-refractivity contribution in [2.75, 3.05) is 0 Å². The summed E-state index contributed by atoms with van der Waals surface area (Å²) in [5.74, 6) is 0.424. The first-order chi connectivity index (χ1) is 8.88. The van der Waals surface area contributed by atoms with Gasteiger partial charge in [0.05, 0.1) is 6.10 Å². The summed E-state index contributed by atoms with van der Waals surface area (Å²) in [5.41, 5.74) is -0.754. The van der Waals surface area contributed by atoms with Gasteiger partial charge in [-0.15, -0.1) is 0 Å². The van der Waals surface area contributed by atoms with E-state index >= 15 is 0 Å². The van der Waals surface area contributed by atoms with Crippen molar-refractivity contribution in [3.63, 3.8) is 0 Å². The van der Waals surface area contributed by atoms with Gasteiger partial charge in [0.25, 0.3) is 0 Å². The number of aromatic nitrogens is 1. The topological polar surface area (TPSA) is 33.1 Å². The predicted octanol–water partition coefficient (Wildman–Crippen LogP) is 4.37. The minimum atomic E-state index is -4.52. The van der Waals surface area contributed by atoms with Crippen LogP contribution in [0, 0.1) is 5.92 Å². The number of halogens is 4. The smallest absolute Gasteiger partial charge is 0.388 e. The standard InChI is InChI=1S/C13H15ClF3NO/c14-12-9(5-6-11(18-12)13(15,16)17)10(19)7-8-3-1-2-4-8/h5-6,8,10,19H,1-4,7H2. The van der Waals surface area contributed by atoms with Crippen LogP contribution in [0.15, 0.2) is 12.1 Å². The zero-order valence-corrected chi connectivity index (χ0v) is 11.0. The molecule has 1 aromatic rings. The van der Waals surface area contributed by atoms with Crippen LogP contribution in [0.1, 0.15) is 49.5 Å². The molecule has 0 amide bonds. The van der Waals surface area contributed by atoms with Crippen LogP contribution in [-0.4, -0.2) is 10.1 Å². The molecule has 2 rings (SSSR count). The van der Waals surface area contributed by atoms with Gasteiger partial charge in [-0.3, -0.25) is 0 Å². The summed E-state index contributed by atoms with van der Waals surface area (Å²) >= 11 is 5.74. The van der Waals surface area contributed by atoms with E-state index in [1.165, 1.54) is 6.07 Å². The monoisotopic (exact) mass is 293 g/mol. The Kier molecular flexibility index (Phi) is 4.36. The van der Waals surface area contributed by atoms with Crippen LogP contribution in [-0.2, 0) is 6.18 Å². The Morgan fingerprint density at radius 2 is 1.95 bits per heavy atom. The molecule has 0 spiro atoms. The van der Waals surface area contributed by atoms with E-state index in [2.05, 4.69) is 4.98 Å². The van der Waals surface area contributed by atoms with Crippen molar-refractivity contribution in [3.05, 3.63) is 28.5 Å². The molecule has 0 bridgehead atoms. The van der Waals surface area contributed by atoms with Crippen molar-refractivity contribution in [2.24, 2.45) is 5.92 Å². The van der Waals surface area contributed by atoms with Crippen molar-refractivity contribution < 1.29 is 18.3 Å². The van der Waals surface area contributed by atoms with Gasteiger partial charge >= 0.3 is 6.18 Å². The summed E-state index contributed by atoms with van der Waals surface area (Å²) in [6, 6.07) is 2.08. The molecule has 1 heterocycles. The normalized spacial score (nSPS) is 18.8. The highest BCUT2D eigenvalue weighted by Crippen LogP contribution is 2.36. The lowest BCUT2D eigenvalue weighted by Gasteiger charge is -2.17. The maximum Gasteiger partial charge on any atom is 0.433 e. The second-order valence-electron chi connectivity index (χ2n) is 4.98. The van der Waals surface area contributed by atoms with E-state index in [0.29, 0.717) is 12.3 Å². The van der Waals surface area contributed by atoms with E-state index in [9.17, 15) is 18.3 Å². The van der Waals surface area contributed by atoms with Crippen LogP contribution in [0.3, 0.4) is 0 Å². The minimum Gasteiger partial charge on any atom is -0.388 e. The molecule has 1 fully saturated rings. The van der Waals surface area contributed by atoms with E-state index in [1.807, 2.05) is 0 Å². The molecule has 106 valence electrons. The van der Waals surface area contributed by atoms with E-state index in [4.69, 9.17) is 11.6 Å². The second-order valence-corrected chi connectivity index (χ2v) is 5.33. The minimum absolute atomic E-state index is 0.264. The molecule has 1 aliphatic carbocycles. The Bertz CT molecular complexity index is 444. The number of nitrogens with zero attached hydrogens (tertiary/aromatic N) is 1. The van der Waals surface area contributed by atoms with Crippen molar-refractivity contribution in [3.8, 4) is 0 Å². The van der Waals surface area contributed by atoms with Crippen LogP contribution >= 0.6 is 11.6 Å². The Morgan fingerprint density at radius 1 is 1.32 bits per heavy atom. The average Bonchev–Trinajstić information content (AvgIpc) is 2.80. The third kappa shape index (κ3) is 3.60. The average molecular weight is 294 g/mol. The largest absolute Gasteiger partial charge is 0.433 e. The summed E-state index contributed by atoms with van der Waals surface area (Å²) in [7, 11) is 0. The van der Waals surface area contributed by atoms with E-state index < -0.39 is 18.0 Å². The summed E-state index contributed by atoms with van der Waals surface area (Å²) in [6.45, 7) is 0. The fourth-order valence-corrected chi connectivity index (χ4v) is 2.82. The van der Waals surface area contributed by atoms with Gasteiger partial charge in [0.1, 0.15) is 10.8 Å². The molecule has 2 nitrogen and oxygen atoms in total. The number of pyridine rings is 1. The summed E-state index contributed by atoms with van der Waals surface area (Å²) in [4.78, 5) is 3.32. The van der Waals surface area contributed by atoms with Gasteiger partial charge in [0, 0.05) is 5.56 Å². The fourth-order valence-electron chi connectivity index (χ4n) is 2.54. The highest BCUT2D eigenvalue weighted by atomic mass is 35.5. The lowest BCUT2D eigenvalue weighted by molar-refractivity contribution is -0.141. The van der Waals surface area contributed by atoms with E-state index in [-0.39, 0.29) is 10.7 Å². The van der Waals surface area contributed by atoms with Crippen LogP contribution in [0.2, 0.25) is 5.15 Å². The number of rotatable bonds is 3. The first-order valence-corrected chi connectivity index (χ1v) is 6.67. The molecule has 0 aromatic carbocycles. The molecule has 1 aromatic heterocycles. The van der Waals surface area contributed by atoms with Crippen LogP contribution < -0.4 is 0 Å². The third-order valence-electron chi connectivity index (χ3n) is 3.56.